The molecule has 0 saturated carbocycles. The van der Waals surface area contributed by atoms with Gasteiger partial charge in [-0.3, -0.25) is 15.0 Å². The molecular weight excluding hydrogens is 1110 g/mol. The fourth-order valence-corrected chi connectivity index (χ4v) is 9.95. The fourth-order valence-electron chi connectivity index (χ4n) is 9.26. The van der Waals surface area contributed by atoms with Crippen LogP contribution in [0.5, 0.6) is 34.5 Å². The first kappa shape index (κ1) is 53.7. The molecule has 0 radical (unpaired) electrons. The Hall–Kier alpha value is -11.6. The second kappa shape index (κ2) is 24.5. The second-order valence-corrected chi connectivity index (χ2v) is 19.7. The largest absolute Gasteiger partial charge is 0.495 e. The van der Waals surface area contributed by atoms with Crippen LogP contribution in [0.4, 0.5) is 0 Å². The minimum absolute atomic E-state index is 0.194. The Kier molecular flexibility index (Phi) is 15.3. The SMILES string of the molecule is COc1cc2nccc(OCc3nnc4ccc(-c5ccccc5)nn34)c2cc1OC.COc1cnc2c(OCc3nnc4ccc(-c5ccccc5)nn34)ccnc2c1.c1csc(-c2ccc3nnc(COc4ccnc5ccccc45)n3n2)c1. The molecule has 0 aliphatic carbocycles. The third kappa shape index (κ3) is 11.3. The number of benzene rings is 4. The number of nitrogens with zero attached hydrogens (tertiary/aromatic N) is 16. The molecule has 0 fully saturated rings. The molecule has 15 aromatic rings. The number of ether oxygens (including phenoxy) is 6. The first-order valence-corrected chi connectivity index (χ1v) is 27.6. The van der Waals surface area contributed by atoms with Gasteiger partial charge in [-0.1, -0.05) is 78.9 Å². The Balaban J connectivity index is 0.000000120. The van der Waals surface area contributed by atoms with Crippen LogP contribution in [0, 0.1) is 0 Å². The summed E-state index contributed by atoms with van der Waals surface area (Å²) in [4.78, 5) is 18.6. The van der Waals surface area contributed by atoms with E-state index in [1.165, 1.54) is 0 Å². The van der Waals surface area contributed by atoms with E-state index < -0.39 is 0 Å². The Morgan fingerprint density at radius 3 is 1.45 bits per heavy atom. The van der Waals surface area contributed by atoms with Gasteiger partial charge >= 0.3 is 0 Å². The van der Waals surface area contributed by atoms with Crippen LogP contribution in [-0.4, -0.2) is 101 Å². The molecular formula is C63H48N16O6S. The van der Waals surface area contributed by atoms with Crippen LogP contribution in [0.1, 0.15) is 17.5 Å². The molecule has 22 nitrogen and oxygen atoms in total. The van der Waals surface area contributed by atoms with Gasteiger partial charge in [-0.15, -0.1) is 41.9 Å². The molecule has 0 aliphatic heterocycles. The lowest BCUT2D eigenvalue weighted by atomic mass is 10.1. The lowest BCUT2D eigenvalue weighted by Crippen LogP contribution is -2.05. The van der Waals surface area contributed by atoms with Gasteiger partial charge in [0.05, 0.1) is 60.3 Å². The number of aromatic nitrogens is 16. The summed E-state index contributed by atoms with van der Waals surface area (Å²) in [5.41, 5.74) is 9.60. The van der Waals surface area contributed by atoms with Crippen molar-refractivity contribution in [3.05, 3.63) is 217 Å². The van der Waals surface area contributed by atoms with E-state index in [1.807, 2.05) is 163 Å². The van der Waals surface area contributed by atoms with Crippen molar-refractivity contribution < 1.29 is 28.4 Å². The molecule has 11 heterocycles. The van der Waals surface area contributed by atoms with Crippen molar-refractivity contribution in [2.24, 2.45) is 0 Å². The number of fused-ring (bicyclic) bond motifs is 6. The van der Waals surface area contributed by atoms with Crippen LogP contribution in [0.2, 0.25) is 0 Å². The van der Waals surface area contributed by atoms with Gasteiger partial charge in [-0.2, -0.15) is 28.8 Å². The summed E-state index contributed by atoms with van der Waals surface area (Å²) < 4.78 is 39.2. The summed E-state index contributed by atoms with van der Waals surface area (Å²) in [6.45, 7) is 0.662. The molecule has 0 aliphatic rings. The van der Waals surface area contributed by atoms with E-state index in [2.05, 4.69) is 60.7 Å². The molecule has 0 atom stereocenters. The van der Waals surface area contributed by atoms with E-state index in [1.54, 1.807) is 83.1 Å². The predicted octanol–water partition coefficient (Wildman–Crippen LogP) is 11.2. The maximum Gasteiger partial charge on any atom is 0.192 e. The summed E-state index contributed by atoms with van der Waals surface area (Å²) in [5.74, 6) is 5.73. The van der Waals surface area contributed by atoms with Gasteiger partial charge in [-0.05, 0) is 78.2 Å². The second-order valence-electron chi connectivity index (χ2n) is 18.8. The highest BCUT2D eigenvalue weighted by Gasteiger charge is 2.17. The average molecular weight is 1160 g/mol. The number of hydrogen-bond donors (Lipinski definition) is 0. The van der Waals surface area contributed by atoms with Gasteiger partial charge in [0.15, 0.2) is 45.9 Å². The number of para-hydroxylation sites is 1. The number of methoxy groups -OCH3 is 3. The van der Waals surface area contributed by atoms with E-state index in [0.29, 0.717) is 74.2 Å². The molecule has 4 aromatic carbocycles. The van der Waals surface area contributed by atoms with E-state index >= 15 is 0 Å². The zero-order valence-electron chi connectivity index (χ0n) is 46.2. The minimum atomic E-state index is 0.194. The number of pyridine rings is 4. The van der Waals surface area contributed by atoms with Crippen molar-refractivity contribution >= 4 is 61.1 Å². The maximum absolute atomic E-state index is 6.09. The number of rotatable bonds is 15. The Bertz CT molecular complexity index is 4830. The highest BCUT2D eigenvalue weighted by molar-refractivity contribution is 7.13. The third-order valence-corrected chi connectivity index (χ3v) is 14.4. The lowest BCUT2D eigenvalue weighted by molar-refractivity contribution is 0.295. The van der Waals surface area contributed by atoms with Crippen molar-refractivity contribution in [1.82, 2.24) is 79.4 Å². The zero-order valence-corrected chi connectivity index (χ0v) is 47.0. The summed E-state index contributed by atoms with van der Waals surface area (Å²) in [6, 6.07) is 54.3. The van der Waals surface area contributed by atoms with Gasteiger partial charge in [-0.25, -0.2) is 4.98 Å². The predicted molar refractivity (Wildman–Crippen MR) is 322 cm³/mol. The van der Waals surface area contributed by atoms with Gasteiger partial charge in [0.2, 0.25) is 0 Å². The molecule has 23 heteroatoms. The Morgan fingerprint density at radius 1 is 0.384 bits per heavy atom. The molecule has 0 amide bonds. The number of hydrogen-bond acceptors (Lipinski definition) is 20. The van der Waals surface area contributed by atoms with Crippen LogP contribution in [-0.2, 0) is 19.8 Å². The molecule has 11 aromatic heterocycles. The highest BCUT2D eigenvalue weighted by atomic mass is 32.1. The molecule has 86 heavy (non-hydrogen) atoms. The van der Waals surface area contributed by atoms with Crippen LogP contribution in [0.3, 0.4) is 0 Å². The number of thiophene rings is 1. The molecule has 0 unspecified atom stereocenters. The van der Waals surface area contributed by atoms with Crippen molar-refractivity contribution in [1.29, 1.82) is 0 Å². The Labute approximate surface area is 492 Å². The first-order valence-electron chi connectivity index (χ1n) is 26.8. The molecule has 422 valence electrons. The van der Waals surface area contributed by atoms with E-state index in [9.17, 15) is 0 Å². The van der Waals surface area contributed by atoms with Gasteiger partial charge < -0.3 is 28.4 Å². The molecule has 0 saturated heterocycles. The summed E-state index contributed by atoms with van der Waals surface area (Å²) >= 11 is 1.65. The molecule has 15 rings (SSSR count). The highest BCUT2D eigenvalue weighted by Crippen LogP contribution is 2.36. The Morgan fingerprint density at radius 2 is 0.884 bits per heavy atom. The molecule has 0 N–H and O–H groups in total. The molecule has 0 bridgehead atoms. The van der Waals surface area contributed by atoms with Gasteiger partial charge in [0.1, 0.15) is 54.0 Å². The van der Waals surface area contributed by atoms with Crippen LogP contribution in [0.25, 0.3) is 82.9 Å². The van der Waals surface area contributed by atoms with E-state index in [4.69, 9.17) is 33.5 Å². The first-order chi connectivity index (χ1) is 42.5. The lowest BCUT2D eigenvalue weighted by Gasteiger charge is -2.12. The topological polar surface area (TPSA) is 236 Å². The van der Waals surface area contributed by atoms with Crippen molar-refractivity contribution in [3.63, 3.8) is 0 Å². The quantitative estimate of drug-likeness (QED) is 0.0927. The summed E-state index contributed by atoms with van der Waals surface area (Å²) in [5, 5.41) is 43.1. The van der Waals surface area contributed by atoms with E-state index in [0.717, 1.165) is 60.6 Å². The van der Waals surface area contributed by atoms with Crippen LogP contribution in [0.15, 0.2) is 200 Å². The summed E-state index contributed by atoms with van der Waals surface area (Å²) in [7, 11) is 4.78. The standard InChI is InChI=1S/C23H19N5O3.C21H16N6O2.C19H13N5OS/c1-29-20-12-16-18(13-21(20)30-2)24-11-10-19(16)31-14-23-26-25-22-9-8-17(27-28(22)23)15-6-4-3-5-7-15;1-28-15-11-17-21(23-12-15)18(9-10-22-17)29-13-20-25-24-19-8-7-16(26-27(19)20)14-5-3-2-4-6-14;1-2-5-14-13(4-1)16(9-10-20-14)25-12-19-22-21-18-8-7-15(23-24(18)19)17-6-3-11-26-17/h3-13H,14H2,1-2H3;2-12H,13H2,1H3;1-11H,12H2. The van der Waals surface area contributed by atoms with Gasteiger partial charge in [0.25, 0.3) is 0 Å². The van der Waals surface area contributed by atoms with Crippen LogP contribution >= 0.6 is 11.3 Å². The van der Waals surface area contributed by atoms with E-state index in [-0.39, 0.29) is 19.8 Å². The molecule has 0 spiro atoms. The average Bonchev–Trinajstić information content (AvgIpc) is 4.52. The smallest absolute Gasteiger partial charge is 0.192 e. The normalized spacial score (nSPS) is 11.1. The van der Waals surface area contributed by atoms with Crippen molar-refractivity contribution in [2.75, 3.05) is 21.3 Å². The van der Waals surface area contributed by atoms with Gasteiger partial charge in [0, 0.05) is 58.7 Å². The van der Waals surface area contributed by atoms with Crippen LogP contribution < -0.4 is 28.4 Å². The third-order valence-electron chi connectivity index (χ3n) is 13.5. The van der Waals surface area contributed by atoms with Crippen molar-refractivity contribution in [3.8, 4) is 67.6 Å². The minimum Gasteiger partial charge on any atom is -0.495 e. The zero-order chi connectivity index (χ0) is 58.2. The monoisotopic (exact) mass is 1160 g/mol. The van der Waals surface area contributed by atoms with Crippen molar-refractivity contribution in [2.45, 2.75) is 19.8 Å². The summed E-state index contributed by atoms with van der Waals surface area (Å²) in [6.07, 6.45) is 6.74. The fraction of sp³-hybridized carbons (Fsp3) is 0.0952. The maximum atomic E-state index is 6.09.